The summed E-state index contributed by atoms with van der Waals surface area (Å²) in [4.78, 5) is 22.6. The highest BCUT2D eigenvalue weighted by Gasteiger charge is 2.18. The van der Waals surface area contributed by atoms with Gasteiger partial charge in [0, 0.05) is 6.42 Å². The average molecular weight is 319 g/mol. The Morgan fingerprint density at radius 3 is 2.48 bits per heavy atom. The topological polar surface area (TPSA) is 75.6 Å². The van der Waals surface area contributed by atoms with E-state index in [0.29, 0.717) is 18.1 Å². The maximum absolute atomic E-state index is 12.1. The van der Waals surface area contributed by atoms with Gasteiger partial charge in [0.1, 0.15) is 5.75 Å². The van der Waals surface area contributed by atoms with Gasteiger partial charge < -0.3 is 15.2 Å². The van der Waals surface area contributed by atoms with E-state index in [2.05, 4.69) is 5.32 Å². The second kappa shape index (κ2) is 8.56. The van der Waals surface area contributed by atoms with Crippen molar-refractivity contribution in [3.8, 4) is 5.75 Å². The van der Waals surface area contributed by atoms with E-state index in [9.17, 15) is 9.59 Å². The van der Waals surface area contributed by atoms with E-state index in [1.54, 1.807) is 12.1 Å². The molecule has 0 aliphatic heterocycles. The molecule has 0 aromatic heterocycles. The van der Waals surface area contributed by atoms with Crippen LogP contribution in [0.25, 0.3) is 0 Å². The molecule has 0 spiro atoms. The Morgan fingerprint density at radius 2 is 1.87 bits per heavy atom. The fraction of sp³-hybridized carbons (Fsp3) is 0.556. The quantitative estimate of drug-likeness (QED) is 0.808. The van der Waals surface area contributed by atoms with Crippen LogP contribution < -0.4 is 10.1 Å². The standard InChI is InChI=1S/C18H25NO4/c1-13(19-17(20)11-14-5-3-2-4-6-14)15-7-9-16(10-8-15)23-12-18(21)22/h7-10,13-14H,2-6,11-12H2,1H3,(H,19,20)(H,21,22). The van der Waals surface area contributed by atoms with Crippen molar-refractivity contribution in [3.63, 3.8) is 0 Å². The van der Waals surface area contributed by atoms with Gasteiger partial charge in [-0.2, -0.15) is 0 Å². The van der Waals surface area contributed by atoms with Gasteiger partial charge in [-0.1, -0.05) is 31.4 Å². The Balaban J connectivity index is 1.80. The molecule has 126 valence electrons. The molecule has 23 heavy (non-hydrogen) atoms. The molecule has 2 N–H and O–H groups in total. The number of ether oxygens (including phenoxy) is 1. The first-order chi connectivity index (χ1) is 11.0. The number of hydrogen-bond acceptors (Lipinski definition) is 3. The Morgan fingerprint density at radius 1 is 1.22 bits per heavy atom. The van der Waals surface area contributed by atoms with Crippen molar-refractivity contribution >= 4 is 11.9 Å². The third-order valence-electron chi connectivity index (χ3n) is 4.32. The lowest BCUT2D eigenvalue weighted by atomic mass is 9.87. The van der Waals surface area contributed by atoms with Gasteiger partial charge in [-0.15, -0.1) is 0 Å². The molecular weight excluding hydrogens is 294 g/mol. The molecule has 1 aliphatic carbocycles. The molecule has 1 saturated carbocycles. The molecule has 1 unspecified atom stereocenters. The van der Waals surface area contributed by atoms with Gasteiger partial charge in [-0.05, 0) is 43.4 Å². The van der Waals surface area contributed by atoms with Crippen LogP contribution in [0.15, 0.2) is 24.3 Å². The zero-order valence-corrected chi connectivity index (χ0v) is 13.6. The second-order valence-corrected chi connectivity index (χ2v) is 6.25. The fourth-order valence-electron chi connectivity index (χ4n) is 3.03. The van der Waals surface area contributed by atoms with E-state index < -0.39 is 5.97 Å². The molecular formula is C18H25NO4. The molecule has 1 amide bonds. The van der Waals surface area contributed by atoms with Crippen LogP contribution in [0.1, 0.15) is 57.1 Å². The summed E-state index contributed by atoms with van der Waals surface area (Å²) in [6.07, 6.45) is 6.72. The summed E-state index contributed by atoms with van der Waals surface area (Å²) in [5, 5.41) is 11.6. The Labute approximate surface area is 137 Å². The predicted molar refractivity (Wildman–Crippen MR) is 87.3 cm³/mol. The van der Waals surface area contributed by atoms with Gasteiger partial charge >= 0.3 is 5.97 Å². The summed E-state index contributed by atoms with van der Waals surface area (Å²) in [6.45, 7) is 1.60. The number of rotatable bonds is 7. The molecule has 5 nitrogen and oxygen atoms in total. The first-order valence-corrected chi connectivity index (χ1v) is 8.28. The van der Waals surface area contributed by atoms with Gasteiger partial charge in [-0.25, -0.2) is 4.79 Å². The van der Waals surface area contributed by atoms with Gasteiger partial charge in [0.05, 0.1) is 6.04 Å². The van der Waals surface area contributed by atoms with Gasteiger partial charge in [-0.3, -0.25) is 4.79 Å². The molecule has 0 bridgehead atoms. The van der Waals surface area contributed by atoms with E-state index in [1.807, 2.05) is 19.1 Å². The zero-order valence-electron chi connectivity index (χ0n) is 13.6. The molecule has 0 radical (unpaired) electrons. The average Bonchev–Trinajstić information content (AvgIpc) is 2.54. The van der Waals surface area contributed by atoms with E-state index in [4.69, 9.17) is 9.84 Å². The molecule has 1 aromatic rings. The Hall–Kier alpha value is -2.04. The second-order valence-electron chi connectivity index (χ2n) is 6.25. The first-order valence-electron chi connectivity index (χ1n) is 8.28. The van der Waals surface area contributed by atoms with Crippen LogP contribution in [-0.4, -0.2) is 23.6 Å². The van der Waals surface area contributed by atoms with Crippen LogP contribution >= 0.6 is 0 Å². The summed E-state index contributed by atoms with van der Waals surface area (Å²) in [6, 6.07) is 7.08. The van der Waals surface area contributed by atoms with Crippen molar-refractivity contribution in [2.24, 2.45) is 5.92 Å². The third kappa shape index (κ3) is 5.93. The Kier molecular flexibility index (Phi) is 6.44. The van der Waals surface area contributed by atoms with Crippen LogP contribution in [0.4, 0.5) is 0 Å². The maximum atomic E-state index is 12.1. The lowest BCUT2D eigenvalue weighted by Gasteiger charge is -2.22. The highest BCUT2D eigenvalue weighted by molar-refractivity contribution is 5.76. The van der Waals surface area contributed by atoms with Crippen LogP contribution in [0.3, 0.4) is 0 Å². The third-order valence-corrected chi connectivity index (χ3v) is 4.32. The lowest BCUT2D eigenvalue weighted by Crippen LogP contribution is -2.28. The van der Waals surface area contributed by atoms with E-state index >= 15 is 0 Å². The maximum Gasteiger partial charge on any atom is 0.341 e. The van der Waals surface area contributed by atoms with E-state index in [1.165, 1.54) is 19.3 Å². The lowest BCUT2D eigenvalue weighted by molar-refractivity contribution is -0.139. The number of benzene rings is 1. The minimum atomic E-state index is -1.00. The highest BCUT2D eigenvalue weighted by atomic mass is 16.5. The minimum absolute atomic E-state index is 0.0698. The van der Waals surface area contributed by atoms with Crippen molar-refractivity contribution in [2.75, 3.05) is 6.61 Å². The summed E-state index contributed by atoms with van der Waals surface area (Å²) < 4.78 is 5.10. The highest BCUT2D eigenvalue weighted by Crippen LogP contribution is 2.26. The van der Waals surface area contributed by atoms with Crippen LogP contribution in [0, 0.1) is 5.92 Å². The van der Waals surface area contributed by atoms with Gasteiger partial charge in [0.25, 0.3) is 0 Å². The molecule has 1 atom stereocenters. The van der Waals surface area contributed by atoms with Gasteiger partial charge in [0.15, 0.2) is 6.61 Å². The van der Waals surface area contributed by atoms with Crippen LogP contribution in [0.2, 0.25) is 0 Å². The summed E-state index contributed by atoms with van der Waals surface area (Å²) in [5.74, 6) is 0.146. The summed E-state index contributed by atoms with van der Waals surface area (Å²) in [5.41, 5.74) is 0.977. The number of nitrogens with one attached hydrogen (secondary N) is 1. The van der Waals surface area contributed by atoms with Crippen LogP contribution in [-0.2, 0) is 9.59 Å². The number of carbonyl (C=O) groups is 2. The molecule has 2 rings (SSSR count). The Bertz CT molecular complexity index is 520. The van der Waals surface area contributed by atoms with Gasteiger partial charge in [0.2, 0.25) is 5.91 Å². The van der Waals surface area contributed by atoms with Crippen molar-refractivity contribution in [3.05, 3.63) is 29.8 Å². The largest absolute Gasteiger partial charge is 0.482 e. The van der Waals surface area contributed by atoms with E-state index in [0.717, 1.165) is 18.4 Å². The first kappa shape index (κ1) is 17.3. The number of carbonyl (C=O) groups excluding carboxylic acids is 1. The number of carboxylic acids is 1. The monoisotopic (exact) mass is 319 g/mol. The molecule has 5 heteroatoms. The van der Waals surface area contributed by atoms with Crippen molar-refractivity contribution in [1.29, 1.82) is 0 Å². The van der Waals surface area contributed by atoms with Crippen molar-refractivity contribution in [1.82, 2.24) is 5.32 Å². The number of aliphatic carboxylic acids is 1. The summed E-state index contributed by atoms with van der Waals surface area (Å²) >= 11 is 0. The van der Waals surface area contributed by atoms with Crippen LogP contribution in [0.5, 0.6) is 5.75 Å². The molecule has 1 fully saturated rings. The van der Waals surface area contributed by atoms with Crippen molar-refractivity contribution in [2.45, 2.75) is 51.5 Å². The number of amides is 1. The molecule has 0 heterocycles. The minimum Gasteiger partial charge on any atom is -0.482 e. The number of hydrogen-bond donors (Lipinski definition) is 2. The fourth-order valence-corrected chi connectivity index (χ4v) is 3.03. The van der Waals surface area contributed by atoms with Crippen molar-refractivity contribution < 1.29 is 19.4 Å². The molecule has 1 aromatic carbocycles. The molecule has 1 aliphatic rings. The number of carboxylic acid groups (broad SMARTS) is 1. The van der Waals surface area contributed by atoms with E-state index in [-0.39, 0.29) is 18.6 Å². The molecule has 0 saturated heterocycles. The SMILES string of the molecule is CC(NC(=O)CC1CCCCC1)c1ccc(OCC(=O)O)cc1. The zero-order chi connectivity index (χ0) is 16.7. The normalized spacial score (nSPS) is 16.6. The smallest absolute Gasteiger partial charge is 0.341 e. The predicted octanol–water partition coefficient (Wildman–Crippen LogP) is 3.30. The summed E-state index contributed by atoms with van der Waals surface area (Å²) in [7, 11) is 0.